The van der Waals surface area contributed by atoms with Gasteiger partial charge in [-0.3, -0.25) is 4.79 Å². The van der Waals surface area contributed by atoms with Crippen LogP contribution in [0.5, 0.6) is 11.5 Å². The average molecular weight is 360 g/mol. The fourth-order valence-electron chi connectivity index (χ4n) is 3.20. The number of benzene rings is 1. The Morgan fingerprint density at radius 2 is 1.92 bits per heavy atom. The van der Waals surface area contributed by atoms with E-state index in [1.54, 1.807) is 19.0 Å². The maximum Gasteiger partial charge on any atom is 0.243 e. The van der Waals surface area contributed by atoms with Crippen molar-refractivity contribution in [1.29, 1.82) is 0 Å². The Morgan fingerprint density at radius 3 is 2.65 bits per heavy atom. The molecule has 1 N–H and O–H groups in total. The van der Waals surface area contributed by atoms with Crippen molar-refractivity contribution in [3.8, 4) is 11.5 Å². The lowest BCUT2D eigenvalue weighted by Crippen LogP contribution is -2.43. The summed E-state index contributed by atoms with van der Waals surface area (Å²) in [6.45, 7) is 1.09. The summed E-state index contributed by atoms with van der Waals surface area (Å²) in [5.74, 6) is 2.32. The number of hydrogen-bond donors (Lipinski definition) is 1. The molecule has 1 amide bonds. The number of aliphatic imine (C=N–C) groups is 1. The number of rotatable bonds is 5. The van der Waals surface area contributed by atoms with Crippen molar-refractivity contribution >= 4 is 11.9 Å². The molecule has 1 aliphatic carbocycles. The molecule has 26 heavy (non-hydrogen) atoms. The molecule has 7 nitrogen and oxygen atoms in total. The minimum Gasteiger partial charge on any atom is -0.454 e. The summed E-state index contributed by atoms with van der Waals surface area (Å²) >= 11 is 0. The van der Waals surface area contributed by atoms with Crippen LogP contribution in [0.4, 0.5) is 0 Å². The molecule has 0 spiro atoms. The van der Waals surface area contributed by atoms with Crippen LogP contribution in [0.3, 0.4) is 0 Å². The Labute approximate surface area is 155 Å². The van der Waals surface area contributed by atoms with E-state index in [0.29, 0.717) is 12.6 Å². The number of nitrogens with one attached hydrogen (secondary N) is 1. The van der Waals surface area contributed by atoms with E-state index in [1.165, 1.54) is 12.8 Å². The lowest BCUT2D eigenvalue weighted by Gasteiger charge is -2.25. The smallest absolute Gasteiger partial charge is 0.243 e. The highest BCUT2D eigenvalue weighted by atomic mass is 16.7. The standard InChI is InChI=1S/C19H28N4O3/c1-22(2)18(24)11-20-19(21-15-6-4-5-7-15)23(3)12-14-8-9-16-17(10-14)26-13-25-16/h8-10,15H,4-7,11-13H2,1-3H3,(H,20,21). The van der Waals surface area contributed by atoms with E-state index in [9.17, 15) is 4.79 Å². The van der Waals surface area contributed by atoms with Crippen molar-refractivity contribution in [1.82, 2.24) is 15.1 Å². The van der Waals surface area contributed by atoms with Crippen molar-refractivity contribution < 1.29 is 14.3 Å². The Bertz CT molecular complexity index is 669. The summed E-state index contributed by atoms with van der Waals surface area (Å²) in [4.78, 5) is 20.1. The molecular formula is C19H28N4O3. The third kappa shape index (κ3) is 4.59. The topological polar surface area (TPSA) is 66.4 Å². The molecule has 1 fully saturated rings. The van der Waals surface area contributed by atoms with Gasteiger partial charge in [-0.15, -0.1) is 0 Å². The van der Waals surface area contributed by atoms with Gasteiger partial charge in [-0.2, -0.15) is 0 Å². The zero-order chi connectivity index (χ0) is 18.5. The highest BCUT2D eigenvalue weighted by Crippen LogP contribution is 2.32. The molecule has 1 aromatic carbocycles. The number of likely N-dealkylation sites (N-methyl/N-ethyl adjacent to an activating group) is 1. The van der Waals surface area contributed by atoms with E-state index in [-0.39, 0.29) is 19.2 Å². The summed E-state index contributed by atoms with van der Waals surface area (Å²) in [6, 6.07) is 6.39. The molecule has 0 aromatic heterocycles. The molecule has 3 rings (SSSR count). The summed E-state index contributed by atoms with van der Waals surface area (Å²) in [5, 5.41) is 3.53. The van der Waals surface area contributed by atoms with Crippen LogP contribution >= 0.6 is 0 Å². The number of ether oxygens (including phenoxy) is 2. The Balaban J connectivity index is 1.69. The molecule has 7 heteroatoms. The SMILES string of the molecule is CN(C)C(=O)CN=C(NC1CCCC1)N(C)Cc1ccc2c(c1)OCO2. The fourth-order valence-corrected chi connectivity index (χ4v) is 3.20. The van der Waals surface area contributed by atoms with Gasteiger partial charge in [0, 0.05) is 33.7 Å². The maximum absolute atomic E-state index is 11.9. The first-order valence-corrected chi connectivity index (χ1v) is 9.13. The molecule has 0 atom stereocenters. The minimum atomic E-state index is -0.00722. The van der Waals surface area contributed by atoms with Crippen LogP contribution in [0, 0.1) is 0 Å². The van der Waals surface area contributed by atoms with Gasteiger partial charge in [0.1, 0.15) is 6.54 Å². The van der Waals surface area contributed by atoms with Crippen LogP contribution in [-0.2, 0) is 11.3 Å². The highest BCUT2D eigenvalue weighted by molar-refractivity contribution is 5.85. The van der Waals surface area contributed by atoms with Gasteiger partial charge in [-0.1, -0.05) is 18.9 Å². The van der Waals surface area contributed by atoms with Crippen molar-refractivity contribution in [2.45, 2.75) is 38.3 Å². The normalized spacial score (nSPS) is 16.7. The van der Waals surface area contributed by atoms with Crippen LogP contribution < -0.4 is 14.8 Å². The number of carbonyl (C=O) groups excluding carboxylic acids is 1. The fraction of sp³-hybridized carbons (Fsp3) is 0.579. The molecule has 1 aromatic rings. The Morgan fingerprint density at radius 1 is 1.19 bits per heavy atom. The molecule has 0 radical (unpaired) electrons. The molecule has 0 bridgehead atoms. The first-order valence-electron chi connectivity index (χ1n) is 9.13. The zero-order valence-corrected chi connectivity index (χ0v) is 15.8. The molecule has 0 unspecified atom stereocenters. The van der Waals surface area contributed by atoms with E-state index in [0.717, 1.165) is 35.9 Å². The molecule has 1 aliphatic heterocycles. The summed E-state index contributed by atoms with van der Waals surface area (Å²) in [5.41, 5.74) is 1.11. The van der Waals surface area contributed by atoms with Gasteiger partial charge in [0.05, 0.1) is 0 Å². The van der Waals surface area contributed by atoms with Crippen molar-refractivity contribution in [2.24, 2.45) is 4.99 Å². The number of nitrogens with zero attached hydrogens (tertiary/aromatic N) is 3. The molecule has 1 saturated carbocycles. The number of guanidine groups is 1. The second kappa shape index (κ2) is 8.29. The first kappa shape index (κ1) is 18.4. The molecular weight excluding hydrogens is 332 g/mol. The zero-order valence-electron chi connectivity index (χ0n) is 15.8. The predicted octanol–water partition coefficient (Wildman–Crippen LogP) is 1.82. The second-order valence-corrected chi connectivity index (χ2v) is 7.10. The summed E-state index contributed by atoms with van der Waals surface area (Å²) < 4.78 is 10.8. The number of fused-ring (bicyclic) bond motifs is 1. The van der Waals surface area contributed by atoms with Crippen LogP contribution in [0.1, 0.15) is 31.2 Å². The van der Waals surface area contributed by atoms with E-state index in [2.05, 4.69) is 15.2 Å². The van der Waals surface area contributed by atoms with Crippen molar-refractivity contribution in [2.75, 3.05) is 34.5 Å². The van der Waals surface area contributed by atoms with Crippen molar-refractivity contribution in [3.05, 3.63) is 23.8 Å². The van der Waals surface area contributed by atoms with Gasteiger partial charge in [-0.05, 0) is 30.5 Å². The van der Waals surface area contributed by atoms with Crippen LogP contribution in [0.25, 0.3) is 0 Å². The van der Waals surface area contributed by atoms with Gasteiger partial charge in [0.2, 0.25) is 12.7 Å². The average Bonchev–Trinajstić information content (AvgIpc) is 3.28. The summed E-state index contributed by atoms with van der Waals surface area (Å²) in [6.07, 6.45) is 4.79. The van der Waals surface area contributed by atoms with Gasteiger partial charge in [0.15, 0.2) is 17.5 Å². The molecule has 2 aliphatic rings. The third-order valence-electron chi connectivity index (χ3n) is 4.77. The molecule has 142 valence electrons. The number of carbonyl (C=O) groups is 1. The Kier molecular flexibility index (Phi) is 5.85. The number of hydrogen-bond acceptors (Lipinski definition) is 4. The highest BCUT2D eigenvalue weighted by Gasteiger charge is 2.20. The van der Waals surface area contributed by atoms with E-state index in [1.807, 2.05) is 25.2 Å². The van der Waals surface area contributed by atoms with Gasteiger partial charge >= 0.3 is 0 Å². The quantitative estimate of drug-likeness (QED) is 0.641. The van der Waals surface area contributed by atoms with Crippen molar-refractivity contribution in [3.63, 3.8) is 0 Å². The van der Waals surface area contributed by atoms with Crippen LogP contribution in [0.15, 0.2) is 23.2 Å². The lowest BCUT2D eigenvalue weighted by atomic mass is 10.2. The predicted molar refractivity (Wildman–Crippen MR) is 100 cm³/mol. The second-order valence-electron chi connectivity index (χ2n) is 7.10. The Hall–Kier alpha value is -2.44. The van der Waals surface area contributed by atoms with E-state index in [4.69, 9.17) is 9.47 Å². The monoisotopic (exact) mass is 360 g/mol. The van der Waals surface area contributed by atoms with Crippen LogP contribution in [0.2, 0.25) is 0 Å². The lowest BCUT2D eigenvalue weighted by molar-refractivity contribution is -0.127. The third-order valence-corrected chi connectivity index (χ3v) is 4.77. The maximum atomic E-state index is 11.9. The van der Waals surface area contributed by atoms with Crippen LogP contribution in [-0.4, -0.2) is 62.2 Å². The molecule has 0 saturated heterocycles. The van der Waals surface area contributed by atoms with E-state index >= 15 is 0 Å². The van der Waals surface area contributed by atoms with Gasteiger partial charge in [0.25, 0.3) is 0 Å². The van der Waals surface area contributed by atoms with Gasteiger partial charge < -0.3 is 24.6 Å². The van der Waals surface area contributed by atoms with Gasteiger partial charge in [-0.25, -0.2) is 4.99 Å². The molecule has 1 heterocycles. The number of amides is 1. The first-order chi connectivity index (χ1) is 12.5. The minimum absolute atomic E-state index is 0.00722. The summed E-state index contributed by atoms with van der Waals surface area (Å²) in [7, 11) is 5.49. The largest absolute Gasteiger partial charge is 0.454 e. The van der Waals surface area contributed by atoms with E-state index < -0.39 is 0 Å².